The Morgan fingerprint density at radius 1 is 0.837 bits per heavy atom. The maximum Gasteiger partial charge on any atom is 0.339 e. The number of aromatic hydroxyl groups is 1. The number of aromatic carboxylic acids is 1. The van der Waals surface area contributed by atoms with Gasteiger partial charge in [0.1, 0.15) is 17.0 Å². The third-order valence-corrected chi connectivity index (χ3v) is 7.36. The molecule has 0 bridgehead atoms. The van der Waals surface area contributed by atoms with Gasteiger partial charge in [-0.25, -0.2) is 4.79 Å². The first-order valence-corrected chi connectivity index (χ1v) is 14.1. The molecule has 1 unspecified atom stereocenters. The number of halogens is 1. The number of thioether (sulfide) groups is 1. The Morgan fingerprint density at radius 3 is 2.14 bits per heavy atom. The van der Waals surface area contributed by atoms with Crippen LogP contribution in [0.4, 0.5) is 11.4 Å². The average molecular weight is 616 g/mol. The molecule has 4 aromatic rings. The maximum atomic E-state index is 13.2. The zero-order valence-corrected chi connectivity index (χ0v) is 24.3. The fraction of sp³-hybridized carbons (Fsp3) is 0.0625. The fourth-order valence-corrected chi connectivity index (χ4v) is 4.76. The maximum absolute atomic E-state index is 13.2. The summed E-state index contributed by atoms with van der Waals surface area (Å²) in [7, 11) is 0. The third-order valence-electron chi connectivity index (χ3n) is 6.00. The Balaban J connectivity index is 1.42. The van der Waals surface area contributed by atoms with Crippen LogP contribution in [0.3, 0.4) is 0 Å². The van der Waals surface area contributed by atoms with Gasteiger partial charge in [-0.05, 0) is 85.3 Å². The number of amides is 3. The largest absolute Gasteiger partial charge is 0.507 e. The lowest BCUT2D eigenvalue weighted by Gasteiger charge is -2.14. The summed E-state index contributed by atoms with van der Waals surface area (Å²) < 4.78 is 0. The monoisotopic (exact) mass is 615 g/mol. The van der Waals surface area contributed by atoms with Crippen LogP contribution in [0.2, 0.25) is 5.02 Å². The minimum Gasteiger partial charge on any atom is -0.507 e. The summed E-state index contributed by atoms with van der Waals surface area (Å²) >= 11 is 7.24. The summed E-state index contributed by atoms with van der Waals surface area (Å²) in [5, 5.41) is 26.9. The third kappa shape index (κ3) is 8.71. The SMILES string of the molecule is CC(Sc1ccc(NC(=O)/C(=C/c2ccc(Cl)cc2)NC(=O)c2ccccc2)cc1)C(=O)Nc1ccc(O)c(C(=O)O)c1. The number of hydrogen-bond donors (Lipinski definition) is 5. The molecule has 0 fully saturated rings. The molecular weight excluding hydrogens is 590 g/mol. The van der Waals surface area contributed by atoms with Gasteiger partial charge in [0.15, 0.2) is 0 Å². The topological polar surface area (TPSA) is 145 Å². The molecule has 0 radical (unpaired) electrons. The Labute approximate surface area is 256 Å². The Bertz CT molecular complexity index is 1680. The van der Waals surface area contributed by atoms with E-state index in [1.807, 2.05) is 0 Å². The van der Waals surface area contributed by atoms with Gasteiger partial charge in [-0.2, -0.15) is 0 Å². The molecule has 0 aliphatic carbocycles. The highest BCUT2D eigenvalue weighted by molar-refractivity contribution is 8.00. The van der Waals surface area contributed by atoms with Crippen molar-refractivity contribution in [1.29, 1.82) is 0 Å². The lowest BCUT2D eigenvalue weighted by atomic mass is 10.1. The number of nitrogens with one attached hydrogen (secondary N) is 3. The zero-order valence-electron chi connectivity index (χ0n) is 22.7. The zero-order chi connectivity index (χ0) is 30.9. The van der Waals surface area contributed by atoms with Crippen molar-refractivity contribution in [2.24, 2.45) is 0 Å². The van der Waals surface area contributed by atoms with Crippen LogP contribution >= 0.6 is 23.4 Å². The number of carbonyl (C=O) groups excluding carboxylic acids is 3. The highest BCUT2D eigenvalue weighted by atomic mass is 35.5. The Morgan fingerprint density at radius 2 is 1.49 bits per heavy atom. The molecule has 43 heavy (non-hydrogen) atoms. The Hall–Kier alpha value is -5.06. The molecule has 0 spiro atoms. The van der Waals surface area contributed by atoms with Gasteiger partial charge in [-0.15, -0.1) is 11.8 Å². The number of hydrogen-bond acceptors (Lipinski definition) is 6. The smallest absolute Gasteiger partial charge is 0.339 e. The first kappa shape index (κ1) is 30.9. The molecule has 1 atom stereocenters. The van der Waals surface area contributed by atoms with E-state index in [1.165, 1.54) is 30.0 Å². The molecule has 0 aromatic heterocycles. The minimum atomic E-state index is -1.31. The van der Waals surface area contributed by atoms with Crippen LogP contribution in [-0.2, 0) is 9.59 Å². The normalized spacial score (nSPS) is 11.7. The summed E-state index contributed by atoms with van der Waals surface area (Å²) in [4.78, 5) is 50.7. The molecule has 218 valence electrons. The standard InChI is InChI=1S/C32H26ClN3O6S/c1-19(29(38)35-24-13-16-28(37)26(18-24)32(41)42)43-25-14-11-23(12-15-25)34-31(40)27(17-20-7-9-22(33)10-8-20)36-30(39)21-5-3-2-4-6-21/h2-19,37H,1H3,(H,34,40)(H,35,38)(H,36,39)(H,41,42)/b27-17-. The number of carboxylic acid groups (broad SMARTS) is 1. The summed E-state index contributed by atoms with van der Waals surface area (Å²) in [6, 6.07) is 25.9. The molecule has 4 rings (SSSR count). The van der Waals surface area contributed by atoms with Gasteiger partial charge in [0.25, 0.3) is 11.8 Å². The molecule has 0 aliphatic heterocycles. The number of carboxylic acids is 1. The lowest BCUT2D eigenvalue weighted by Crippen LogP contribution is -2.30. The first-order chi connectivity index (χ1) is 20.6. The molecule has 0 saturated heterocycles. The highest BCUT2D eigenvalue weighted by Gasteiger charge is 2.18. The van der Waals surface area contributed by atoms with E-state index in [0.717, 1.165) is 4.90 Å². The molecule has 11 heteroatoms. The predicted octanol–water partition coefficient (Wildman–Crippen LogP) is 6.27. The number of benzene rings is 4. The van der Waals surface area contributed by atoms with Gasteiger partial charge in [0, 0.05) is 26.9 Å². The predicted molar refractivity (Wildman–Crippen MR) is 167 cm³/mol. The van der Waals surface area contributed by atoms with Crippen molar-refractivity contribution in [3.05, 3.63) is 124 Å². The van der Waals surface area contributed by atoms with E-state index in [-0.39, 0.29) is 22.9 Å². The van der Waals surface area contributed by atoms with Crippen molar-refractivity contribution < 1.29 is 29.4 Å². The van der Waals surface area contributed by atoms with Gasteiger partial charge < -0.3 is 26.2 Å². The van der Waals surface area contributed by atoms with Gasteiger partial charge in [0.2, 0.25) is 5.91 Å². The van der Waals surface area contributed by atoms with E-state index in [4.69, 9.17) is 16.7 Å². The van der Waals surface area contributed by atoms with Crippen molar-refractivity contribution in [2.45, 2.75) is 17.1 Å². The van der Waals surface area contributed by atoms with E-state index in [1.54, 1.807) is 91.9 Å². The van der Waals surface area contributed by atoms with Crippen LogP contribution in [0.25, 0.3) is 6.08 Å². The van der Waals surface area contributed by atoms with Crippen molar-refractivity contribution in [3.8, 4) is 5.75 Å². The second kappa shape index (κ2) is 14.2. The van der Waals surface area contributed by atoms with Gasteiger partial charge in [-0.3, -0.25) is 14.4 Å². The number of phenols is 1. The molecule has 9 nitrogen and oxygen atoms in total. The van der Waals surface area contributed by atoms with E-state index >= 15 is 0 Å². The number of anilines is 2. The lowest BCUT2D eigenvalue weighted by molar-refractivity contribution is -0.115. The number of carbonyl (C=O) groups is 4. The summed E-state index contributed by atoms with van der Waals surface area (Å²) in [5.41, 5.74) is 1.47. The minimum absolute atomic E-state index is 0.0280. The molecule has 3 amide bonds. The quantitative estimate of drug-likeness (QED) is 0.0803. The van der Waals surface area contributed by atoms with Crippen LogP contribution in [0.5, 0.6) is 5.75 Å². The van der Waals surface area contributed by atoms with Gasteiger partial charge in [-0.1, -0.05) is 41.9 Å². The molecule has 0 saturated carbocycles. The van der Waals surface area contributed by atoms with E-state index in [9.17, 15) is 24.3 Å². The van der Waals surface area contributed by atoms with Crippen molar-refractivity contribution in [1.82, 2.24) is 5.32 Å². The van der Waals surface area contributed by atoms with Crippen LogP contribution in [-0.4, -0.2) is 39.2 Å². The van der Waals surface area contributed by atoms with Crippen LogP contribution in [0.1, 0.15) is 33.2 Å². The van der Waals surface area contributed by atoms with Crippen molar-refractivity contribution in [3.63, 3.8) is 0 Å². The average Bonchev–Trinajstić information content (AvgIpc) is 3.00. The van der Waals surface area contributed by atoms with E-state index < -0.39 is 28.8 Å². The van der Waals surface area contributed by atoms with E-state index in [0.29, 0.717) is 21.8 Å². The summed E-state index contributed by atoms with van der Waals surface area (Å²) in [6.07, 6.45) is 1.55. The first-order valence-electron chi connectivity index (χ1n) is 12.9. The second-order valence-electron chi connectivity index (χ2n) is 9.19. The van der Waals surface area contributed by atoms with E-state index in [2.05, 4.69) is 16.0 Å². The highest BCUT2D eigenvalue weighted by Crippen LogP contribution is 2.27. The van der Waals surface area contributed by atoms with Gasteiger partial charge in [0.05, 0.1) is 5.25 Å². The van der Waals surface area contributed by atoms with Crippen molar-refractivity contribution in [2.75, 3.05) is 10.6 Å². The molecule has 0 heterocycles. The van der Waals surface area contributed by atoms with Crippen LogP contribution in [0.15, 0.2) is 108 Å². The fourth-order valence-electron chi connectivity index (χ4n) is 3.77. The van der Waals surface area contributed by atoms with Crippen LogP contribution in [0, 0.1) is 0 Å². The molecule has 0 aliphatic rings. The summed E-state index contributed by atoms with van der Waals surface area (Å²) in [6.45, 7) is 1.69. The summed E-state index contributed by atoms with van der Waals surface area (Å²) in [5.74, 6) is -3.06. The molecular formula is C32H26ClN3O6S. The van der Waals surface area contributed by atoms with Crippen molar-refractivity contribution >= 4 is 64.5 Å². The molecule has 4 aromatic carbocycles. The van der Waals surface area contributed by atoms with Crippen LogP contribution < -0.4 is 16.0 Å². The molecule has 5 N–H and O–H groups in total. The second-order valence-corrected chi connectivity index (χ2v) is 11.0. The Kier molecular flexibility index (Phi) is 10.2. The van der Waals surface area contributed by atoms with Gasteiger partial charge >= 0.3 is 5.97 Å². The number of rotatable bonds is 10.